The molecule has 0 saturated carbocycles. The summed E-state index contributed by atoms with van der Waals surface area (Å²) in [4.78, 5) is 29.2. The van der Waals surface area contributed by atoms with Gasteiger partial charge in [-0.1, -0.05) is 72.3 Å². The Morgan fingerprint density at radius 3 is 2.14 bits per heavy atom. The van der Waals surface area contributed by atoms with Crippen LogP contribution >= 0.6 is 0 Å². The minimum Gasteiger partial charge on any atom is -0.497 e. The van der Waals surface area contributed by atoms with Gasteiger partial charge in [0.1, 0.15) is 18.3 Å². The minimum atomic E-state index is -4.14. The molecular weight excluding hydrogens is 562 g/mol. The van der Waals surface area contributed by atoms with Crippen molar-refractivity contribution in [3.63, 3.8) is 0 Å². The number of ether oxygens (including phenoxy) is 1. The Kier molecular flexibility index (Phi) is 10.2. The molecule has 0 aromatic heterocycles. The first kappa shape index (κ1) is 31.3. The van der Waals surface area contributed by atoms with Crippen molar-refractivity contribution in [1.82, 2.24) is 10.2 Å². The van der Waals surface area contributed by atoms with E-state index in [-0.39, 0.29) is 23.8 Å². The molecule has 0 fully saturated rings. The van der Waals surface area contributed by atoms with E-state index in [4.69, 9.17) is 4.74 Å². The highest BCUT2D eigenvalue weighted by Crippen LogP contribution is 2.26. The number of anilines is 1. The van der Waals surface area contributed by atoms with Crippen LogP contribution in [0.15, 0.2) is 108 Å². The highest BCUT2D eigenvalue weighted by molar-refractivity contribution is 7.92. The molecular formula is C34H37N3O5S. The molecule has 0 aliphatic carbocycles. The Balaban J connectivity index is 1.79. The second kappa shape index (κ2) is 14.0. The van der Waals surface area contributed by atoms with Crippen LogP contribution in [0, 0.1) is 13.8 Å². The van der Waals surface area contributed by atoms with E-state index in [1.165, 1.54) is 24.1 Å². The molecule has 0 aliphatic heterocycles. The Morgan fingerprint density at radius 2 is 1.49 bits per heavy atom. The zero-order chi connectivity index (χ0) is 31.0. The predicted molar refractivity (Wildman–Crippen MR) is 168 cm³/mol. The number of hydrogen-bond acceptors (Lipinski definition) is 5. The molecule has 43 heavy (non-hydrogen) atoms. The molecule has 224 valence electrons. The summed E-state index contributed by atoms with van der Waals surface area (Å²) in [5.41, 5.74) is 3.71. The number of nitrogens with one attached hydrogen (secondary N) is 1. The van der Waals surface area contributed by atoms with Crippen molar-refractivity contribution in [3.05, 3.63) is 125 Å². The molecule has 2 amide bonds. The van der Waals surface area contributed by atoms with E-state index < -0.39 is 28.5 Å². The van der Waals surface area contributed by atoms with Crippen molar-refractivity contribution in [2.24, 2.45) is 0 Å². The summed E-state index contributed by atoms with van der Waals surface area (Å²) in [6.45, 7) is 3.29. The molecule has 8 nitrogen and oxygen atoms in total. The molecule has 0 radical (unpaired) electrons. The average Bonchev–Trinajstić information content (AvgIpc) is 3.01. The van der Waals surface area contributed by atoms with Crippen LogP contribution in [0.3, 0.4) is 0 Å². The van der Waals surface area contributed by atoms with Gasteiger partial charge in [-0.2, -0.15) is 0 Å². The second-order valence-electron chi connectivity index (χ2n) is 10.4. The number of rotatable bonds is 12. The zero-order valence-electron chi connectivity index (χ0n) is 24.9. The lowest BCUT2D eigenvalue weighted by Crippen LogP contribution is -2.53. The molecule has 4 rings (SSSR count). The third kappa shape index (κ3) is 7.81. The summed E-state index contributed by atoms with van der Waals surface area (Å²) < 4.78 is 34.6. The van der Waals surface area contributed by atoms with E-state index in [1.807, 2.05) is 62.4 Å². The minimum absolute atomic E-state index is 0.0627. The number of carbonyl (C=O) groups excluding carboxylic acids is 2. The number of carbonyl (C=O) groups is 2. The number of amides is 2. The lowest BCUT2D eigenvalue weighted by molar-refractivity contribution is -0.139. The molecule has 1 atom stereocenters. The largest absolute Gasteiger partial charge is 0.497 e. The van der Waals surface area contributed by atoms with Gasteiger partial charge in [0.05, 0.1) is 17.7 Å². The second-order valence-corrected chi connectivity index (χ2v) is 12.2. The van der Waals surface area contributed by atoms with Gasteiger partial charge in [-0.15, -0.1) is 0 Å². The molecule has 0 heterocycles. The molecule has 9 heteroatoms. The van der Waals surface area contributed by atoms with Crippen LogP contribution in [0.25, 0.3) is 0 Å². The lowest BCUT2D eigenvalue weighted by Gasteiger charge is -2.33. The quantitative estimate of drug-likeness (QED) is 0.250. The summed E-state index contributed by atoms with van der Waals surface area (Å²) in [7, 11) is -1.07. The topological polar surface area (TPSA) is 96.0 Å². The lowest BCUT2D eigenvalue weighted by atomic mass is 10.0. The monoisotopic (exact) mass is 599 g/mol. The summed E-state index contributed by atoms with van der Waals surface area (Å²) in [5, 5.41) is 2.69. The first-order valence-electron chi connectivity index (χ1n) is 14.0. The highest BCUT2D eigenvalue weighted by atomic mass is 32.2. The number of benzene rings is 4. The number of aryl methyl sites for hydroxylation is 2. The van der Waals surface area contributed by atoms with Gasteiger partial charge in [-0.25, -0.2) is 8.42 Å². The molecule has 4 aromatic carbocycles. The van der Waals surface area contributed by atoms with Crippen molar-refractivity contribution in [3.8, 4) is 5.75 Å². The van der Waals surface area contributed by atoms with E-state index in [1.54, 1.807) is 49.6 Å². The Hall–Kier alpha value is -4.63. The van der Waals surface area contributed by atoms with Crippen molar-refractivity contribution >= 4 is 27.5 Å². The van der Waals surface area contributed by atoms with Gasteiger partial charge in [0.25, 0.3) is 10.0 Å². The summed E-state index contributed by atoms with van der Waals surface area (Å²) in [6, 6.07) is 29.3. The number of likely N-dealkylation sites (N-methyl/N-ethyl adjacent to an activating group) is 1. The molecule has 0 bridgehead atoms. The van der Waals surface area contributed by atoms with Crippen molar-refractivity contribution in [1.29, 1.82) is 0 Å². The first-order valence-corrected chi connectivity index (χ1v) is 15.4. The zero-order valence-corrected chi connectivity index (χ0v) is 25.7. The summed E-state index contributed by atoms with van der Waals surface area (Å²) in [5.74, 6) is -0.277. The maximum absolute atomic E-state index is 14.4. The fraction of sp³-hybridized carbons (Fsp3) is 0.235. The van der Waals surface area contributed by atoms with Crippen LogP contribution in [-0.2, 0) is 32.6 Å². The van der Waals surface area contributed by atoms with Gasteiger partial charge in [0.2, 0.25) is 11.8 Å². The van der Waals surface area contributed by atoms with Crippen LogP contribution in [0.5, 0.6) is 5.75 Å². The number of sulfonamides is 1. The molecule has 4 aromatic rings. The van der Waals surface area contributed by atoms with Crippen LogP contribution in [0.1, 0.15) is 22.3 Å². The third-order valence-electron chi connectivity index (χ3n) is 7.18. The summed E-state index contributed by atoms with van der Waals surface area (Å²) in [6.07, 6.45) is 0.241. The van der Waals surface area contributed by atoms with Crippen molar-refractivity contribution < 1.29 is 22.7 Å². The third-order valence-corrected chi connectivity index (χ3v) is 8.97. The van der Waals surface area contributed by atoms with Gasteiger partial charge in [-0.3, -0.25) is 13.9 Å². The normalized spacial score (nSPS) is 11.8. The van der Waals surface area contributed by atoms with Crippen molar-refractivity contribution in [2.45, 2.75) is 37.8 Å². The molecule has 0 spiro atoms. The van der Waals surface area contributed by atoms with Gasteiger partial charge in [0, 0.05) is 20.0 Å². The van der Waals surface area contributed by atoms with E-state index in [2.05, 4.69) is 5.32 Å². The SMILES string of the molecule is CNC(=O)[C@H](Cc1ccccc1)N(Cc1cccc(OC)c1)C(=O)CN(c1cccc(C)c1)S(=O)(=O)c1ccc(C)cc1. The molecule has 0 aliphatic rings. The highest BCUT2D eigenvalue weighted by Gasteiger charge is 2.34. The van der Waals surface area contributed by atoms with Gasteiger partial charge < -0.3 is 15.0 Å². The molecule has 1 N–H and O–H groups in total. The average molecular weight is 600 g/mol. The Bertz CT molecular complexity index is 1660. The number of methoxy groups -OCH3 is 1. The maximum Gasteiger partial charge on any atom is 0.264 e. The first-order chi connectivity index (χ1) is 20.6. The van der Waals surface area contributed by atoms with Crippen LogP contribution in [0.2, 0.25) is 0 Å². The Labute approximate surface area is 254 Å². The number of hydrogen-bond donors (Lipinski definition) is 1. The maximum atomic E-state index is 14.4. The summed E-state index contributed by atoms with van der Waals surface area (Å²) >= 11 is 0. The van der Waals surface area contributed by atoms with E-state index in [0.29, 0.717) is 11.4 Å². The van der Waals surface area contributed by atoms with Crippen LogP contribution in [0.4, 0.5) is 5.69 Å². The number of nitrogens with zero attached hydrogens (tertiary/aromatic N) is 2. The van der Waals surface area contributed by atoms with Gasteiger partial charge >= 0.3 is 0 Å². The fourth-order valence-corrected chi connectivity index (χ4v) is 6.24. The van der Waals surface area contributed by atoms with Gasteiger partial charge in [0.15, 0.2) is 0 Å². The van der Waals surface area contributed by atoms with E-state index in [0.717, 1.165) is 26.6 Å². The van der Waals surface area contributed by atoms with Gasteiger partial charge in [-0.05, 0) is 66.9 Å². The fourth-order valence-electron chi connectivity index (χ4n) is 4.84. The molecule has 0 unspecified atom stereocenters. The predicted octanol–water partition coefficient (Wildman–Crippen LogP) is 4.89. The smallest absolute Gasteiger partial charge is 0.264 e. The molecule has 0 saturated heterocycles. The van der Waals surface area contributed by atoms with Crippen LogP contribution < -0.4 is 14.4 Å². The van der Waals surface area contributed by atoms with E-state index >= 15 is 0 Å². The van der Waals surface area contributed by atoms with E-state index in [9.17, 15) is 18.0 Å². The van der Waals surface area contributed by atoms with Crippen LogP contribution in [-0.4, -0.2) is 51.9 Å². The standard InChI is InChI=1S/C34H37N3O5S/c1-25-16-18-31(19-17-25)43(40,41)37(29-14-8-10-26(2)20-29)24-33(38)36(23-28-13-9-15-30(21-28)42-4)32(34(39)35-3)22-27-11-6-5-7-12-27/h5-21,32H,22-24H2,1-4H3,(H,35,39)/t32-/m0/s1. The van der Waals surface area contributed by atoms with Crippen molar-refractivity contribution in [2.75, 3.05) is 25.0 Å². The Morgan fingerprint density at radius 1 is 0.814 bits per heavy atom.